The third-order valence-corrected chi connectivity index (χ3v) is 4.86. The van der Waals surface area contributed by atoms with E-state index in [0.29, 0.717) is 0 Å². The number of rotatable bonds is 2. The number of ketones is 1. The first-order chi connectivity index (χ1) is 7.80. The number of hydrogen-bond donors (Lipinski definition) is 0. The van der Waals surface area contributed by atoms with Gasteiger partial charge in [0.25, 0.3) is 0 Å². The minimum absolute atomic E-state index is 0.564. The summed E-state index contributed by atoms with van der Waals surface area (Å²) < 4.78 is -4.20. The second kappa shape index (κ2) is 7.35. The average Bonchev–Trinajstić information content (AvgIpc) is 2.21. The number of alkyl halides is 6. The fraction of sp³-hybridized carbons (Fsp3) is 0.286. The Balaban J connectivity index is 5.60. The SMILES string of the molecule is O=C(C(Cl)=C(Cl)C(Cl)(Cl)Cl)C(Cl)=C(Cl)C(Cl)(Cl)Cl. The molecule has 11 heteroatoms. The van der Waals surface area contributed by atoms with Crippen molar-refractivity contribution in [1.82, 2.24) is 0 Å². The second-order valence-electron chi connectivity index (χ2n) is 2.58. The molecule has 0 radical (unpaired) electrons. The number of allylic oxidation sites excluding steroid dienone is 4. The summed E-state index contributed by atoms with van der Waals surface area (Å²) in [6, 6.07) is 0. The zero-order valence-corrected chi connectivity index (χ0v) is 15.2. The maximum absolute atomic E-state index is 11.7. The molecule has 0 rings (SSSR count). The molecule has 0 aromatic heterocycles. The monoisotopic (exact) mass is 450 g/mol. The van der Waals surface area contributed by atoms with Crippen LogP contribution < -0.4 is 0 Å². The van der Waals surface area contributed by atoms with Gasteiger partial charge in [-0.2, -0.15) is 0 Å². The molecule has 0 atom stereocenters. The van der Waals surface area contributed by atoms with E-state index in [0.717, 1.165) is 0 Å². The van der Waals surface area contributed by atoms with Crippen LogP contribution in [0.4, 0.5) is 0 Å². The van der Waals surface area contributed by atoms with Crippen molar-refractivity contribution in [3.63, 3.8) is 0 Å². The van der Waals surface area contributed by atoms with Crippen molar-refractivity contribution in [2.24, 2.45) is 0 Å². The topological polar surface area (TPSA) is 17.1 Å². The third kappa shape index (κ3) is 5.81. The van der Waals surface area contributed by atoms with Crippen molar-refractivity contribution in [2.75, 3.05) is 0 Å². The summed E-state index contributed by atoms with van der Waals surface area (Å²) in [6.45, 7) is 0. The van der Waals surface area contributed by atoms with Crippen LogP contribution >= 0.6 is 116 Å². The Bertz CT molecular complexity index is 371. The van der Waals surface area contributed by atoms with Crippen molar-refractivity contribution < 1.29 is 4.79 Å². The molecule has 0 bridgehead atoms. The van der Waals surface area contributed by atoms with Gasteiger partial charge in [0, 0.05) is 0 Å². The summed E-state index contributed by atoms with van der Waals surface area (Å²) in [6.07, 6.45) is 0. The molecule has 0 aromatic rings. The average molecular weight is 455 g/mol. The summed E-state index contributed by atoms with van der Waals surface area (Å²) >= 11 is 54.9. The number of hydrogen-bond acceptors (Lipinski definition) is 1. The van der Waals surface area contributed by atoms with Gasteiger partial charge < -0.3 is 0 Å². The summed E-state index contributed by atoms with van der Waals surface area (Å²) in [7, 11) is 0. The van der Waals surface area contributed by atoms with Crippen LogP contribution in [0.25, 0.3) is 0 Å². The third-order valence-electron chi connectivity index (χ3n) is 1.28. The Kier molecular flexibility index (Phi) is 8.19. The first kappa shape index (κ1) is 20.1. The lowest BCUT2D eigenvalue weighted by Crippen LogP contribution is -2.12. The largest absolute Gasteiger partial charge is 0.287 e. The lowest BCUT2D eigenvalue weighted by Gasteiger charge is -2.13. The second-order valence-corrected chi connectivity index (χ2v) is 8.65. The van der Waals surface area contributed by atoms with E-state index in [1.165, 1.54) is 0 Å². The van der Waals surface area contributed by atoms with Crippen molar-refractivity contribution in [2.45, 2.75) is 7.59 Å². The molecule has 0 aliphatic rings. The molecule has 0 heterocycles. The fourth-order valence-electron chi connectivity index (χ4n) is 0.545. The van der Waals surface area contributed by atoms with Gasteiger partial charge in [0.05, 0.1) is 10.1 Å². The molecule has 0 fully saturated rings. The molecule has 0 aliphatic carbocycles. The quantitative estimate of drug-likeness (QED) is 0.336. The number of halogens is 10. The predicted octanol–water partition coefficient (Wildman–Crippen LogP) is 6.67. The van der Waals surface area contributed by atoms with Crippen LogP contribution in [0.15, 0.2) is 20.1 Å². The van der Waals surface area contributed by atoms with E-state index < -0.39 is 33.5 Å². The number of carbonyl (C=O) groups is 1. The molecule has 1 nitrogen and oxygen atoms in total. The van der Waals surface area contributed by atoms with Crippen LogP contribution in [0.3, 0.4) is 0 Å². The van der Waals surface area contributed by atoms with E-state index in [-0.39, 0.29) is 0 Å². The van der Waals surface area contributed by atoms with Gasteiger partial charge in [0.1, 0.15) is 10.1 Å². The highest BCUT2D eigenvalue weighted by molar-refractivity contribution is 6.76. The molecular formula is C7Cl10O. The Labute approximate surface area is 153 Å². The van der Waals surface area contributed by atoms with Gasteiger partial charge in [0.15, 0.2) is 0 Å². The number of Topliss-reactive ketones (excluding diaryl/α,β-unsaturated/α-hetero) is 1. The lowest BCUT2D eigenvalue weighted by atomic mass is 10.3. The molecule has 0 spiro atoms. The summed E-state index contributed by atoms with van der Waals surface area (Å²) in [5.74, 6) is -1.05. The highest BCUT2D eigenvalue weighted by Gasteiger charge is 2.34. The van der Waals surface area contributed by atoms with Crippen molar-refractivity contribution >= 4 is 122 Å². The van der Waals surface area contributed by atoms with E-state index in [9.17, 15) is 4.79 Å². The molecule has 18 heavy (non-hydrogen) atoms. The Morgan fingerprint density at radius 2 is 0.833 bits per heavy atom. The van der Waals surface area contributed by atoms with Gasteiger partial charge in [-0.15, -0.1) is 0 Å². The Morgan fingerprint density at radius 1 is 0.611 bits per heavy atom. The summed E-state index contributed by atoms with van der Waals surface area (Å²) in [5, 5.41) is -2.44. The van der Waals surface area contributed by atoms with E-state index in [4.69, 9.17) is 116 Å². The van der Waals surface area contributed by atoms with Crippen LogP contribution in [-0.2, 0) is 4.79 Å². The molecule has 0 aliphatic heterocycles. The van der Waals surface area contributed by atoms with Gasteiger partial charge in [-0.1, -0.05) is 116 Å². The molecular weight excluding hydrogens is 455 g/mol. The summed E-state index contributed by atoms with van der Waals surface area (Å²) in [5.41, 5.74) is 0. The number of carbonyl (C=O) groups excluding carboxylic acids is 1. The highest BCUT2D eigenvalue weighted by Crippen LogP contribution is 2.43. The van der Waals surface area contributed by atoms with Gasteiger partial charge in [-0.3, -0.25) is 4.79 Å². The maximum atomic E-state index is 11.7. The first-order valence-corrected chi connectivity index (χ1v) is 7.37. The van der Waals surface area contributed by atoms with Gasteiger partial charge in [-0.25, -0.2) is 0 Å². The minimum atomic E-state index is -2.10. The van der Waals surface area contributed by atoms with Crippen molar-refractivity contribution in [3.8, 4) is 0 Å². The van der Waals surface area contributed by atoms with Gasteiger partial charge in [-0.05, 0) is 0 Å². The van der Waals surface area contributed by atoms with E-state index in [1.54, 1.807) is 0 Å². The summed E-state index contributed by atoms with van der Waals surface area (Å²) in [4.78, 5) is 11.7. The van der Waals surface area contributed by atoms with Crippen molar-refractivity contribution in [3.05, 3.63) is 20.1 Å². The molecule has 0 saturated heterocycles. The molecule has 104 valence electrons. The highest BCUT2D eigenvalue weighted by atomic mass is 35.6. The molecule has 0 saturated carbocycles. The van der Waals surface area contributed by atoms with E-state index >= 15 is 0 Å². The fourth-order valence-corrected chi connectivity index (χ4v) is 2.09. The van der Waals surface area contributed by atoms with Crippen LogP contribution in [0.5, 0.6) is 0 Å². The molecule has 0 aromatic carbocycles. The predicted molar refractivity (Wildman–Crippen MR) is 83.1 cm³/mol. The first-order valence-electron chi connectivity index (χ1n) is 3.59. The smallest absolute Gasteiger partial charge is 0.227 e. The van der Waals surface area contributed by atoms with Crippen molar-refractivity contribution in [1.29, 1.82) is 0 Å². The van der Waals surface area contributed by atoms with Crippen LogP contribution in [0.2, 0.25) is 0 Å². The molecule has 0 amide bonds. The zero-order chi connectivity index (χ0) is 14.9. The normalized spacial score (nSPS) is 16.1. The standard InChI is InChI=1S/C7Cl10O/c8-1(4(10)6(12,13)14)3(18)2(9)5(11)7(15,16)17. The zero-order valence-electron chi connectivity index (χ0n) is 7.69. The van der Waals surface area contributed by atoms with Gasteiger partial charge >= 0.3 is 0 Å². The van der Waals surface area contributed by atoms with E-state index in [2.05, 4.69) is 0 Å². The van der Waals surface area contributed by atoms with Crippen LogP contribution in [0, 0.1) is 0 Å². The lowest BCUT2D eigenvalue weighted by molar-refractivity contribution is -0.111. The maximum Gasteiger partial charge on any atom is 0.227 e. The Morgan fingerprint density at radius 3 is 1.00 bits per heavy atom. The molecule has 0 N–H and O–H groups in total. The van der Waals surface area contributed by atoms with Crippen LogP contribution in [-0.4, -0.2) is 13.4 Å². The molecule has 0 unspecified atom stereocenters. The van der Waals surface area contributed by atoms with Gasteiger partial charge in [0.2, 0.25) is 13.4 Å². The van der Waals surface area contributed by atoms with Crippen LogP contribution in [0.1, 0.15) is 0 Å². The minimum Gasteiger partial charge on any atom is -0.287 e. The Hall–Kier alpha value is 2.05. The van der Waals surface area contributed by atoms with E-state index in [1.807, 2.05) is 0 Å².